The lowest BCUT2D eigenvalue weighted by molar-refractivity contribution is -0.133. The van der Waals surface area contributed by atoms with Gasteiger partial charge in [-0.25, -0.2) is 4.98 Å². The predicted molar refractivity (Wildman–Crippen MR) is 118 cm³/mol. The van der Waals surface area contributed by atoms with Crippen molar-refractivity contribution in [3.05, 3.63) is 59.9 Å². The topological polar surface area (TPSA) is 101 Å². The molecule has 10 heteroatoms. The van der Waals surface area contributed by atoms with Crippen LogP contribution in [0.25, 0.3) is 22.2 Å². The second-order valence-electron chi connectivity index (χ2n) is 7.53. The largest absolute Gasteiger partial charge is 0.462 e. The van der Waals surface area contributed by atoms with Crippen LogP contribution in [0.3, 0.4) is 0 Å². The number of carbonyl (C=O) groups excluding carboxylic acids is 1. The average molecular weight is 451 g/mol. The second-order valence-corrected chi connectivity index (χ2v) is 8.38. The zero-order valence-corrected chi connectivity index (χ0v) is 18.2. The van der Waals surface area contributed by atoms with Crippen molar-refractivity contribution in [1.82, 2.24) is 29.9 Å². The quantitative estimate of drug-likeness (QED) is 0.423. The molecule has 1 fully saturated rings. The zero-order chi connectivity index (χ0) is 21.8. The van der Waals surface area contributed by atoms with E-state index < -0.39 is 0 Å². The van der Waals surface area contributed by atoms with Crippen molar-refractivity contribution in [3.63, 3.8) is 0 Å². The van der Waals surface area contributed by atoms with Gasteiger partial charge in [0.05, 0.1) is 12.0 Å². The van der Waals surface area contributed by atoms with Crippen LogP contribution in [0.4, 0.5) is 0 Å². The molecule has 0 saturated carbocycles. The van der Waals surface area contributed by atoms with E-state index in [-0.39, 0.29) is 5.91 Å². The summed E-state index contributed by atoms with van der Waals surface area (Å²) in [4.78, 5) is 29.9. The predicted octanol–water partition coefficient (Wildman–Crippen LogP) is 3.13. The Hall–Kier alpha value is -3.37. The minimum absolute atomic E-state index is 0.113. The summed E-state index contributed by atoms with van der Waals surface area (Å²) < 4.78 is 10.7. The fourth-order valence-electron chi connectivity index (χ4n) is 3.62. The first-order chi connectivity index (χ1) is 15.7. The Morgan fingerprint density at radius 3 is 2.72 bits per heavy atom. The van der Waals surface area contributed by atoms with Crippen molar-refractivity contribution in [2.45, 2.75) is 19.4 Å². The fraction of sp³-hybridized carbons (Fsp3) is 0.318. The van der Waals surface area contributed by atoms with Gasteiger partial charge >= 0.3 is 0 Å². The van der Waals surface area contributed by atoms with Crippen LogP contribution in [0, 0.1) is 0 Å². The van der Waals surface area contributed by atoms with Gasteiger partial charge in [-0.1, -0.05) is 5.16 Å². The molecule has 0 bridgehead atoms. The SMILES string of the molecule is O=C(CCc1nc(-c2ccncc2)no1)N1CCN(Cc2csc(-c3ccco3)n2)CC1. The molecule has 1 aliphatic rings. The molecule has 0 atom stereocenters. The van der Waals surface area contributed by atoms with Crippen molar-refractivity contribution in [2.24, 2.45) is 0 Å². The summed E-state index contributed by atoms with van der Waals surface area (Å²) in [7, 11) is 0. The number of hydrogen-bond donors (Lipinski definition) is 0. The van der Waals surface area contributed by atoms with Gasteiger partial charge < -0.3 is 13.8 Å². The summed E-state index contributed by atoms with van der Waals surface area (Å²) >= 11 is 1.59. The maximum absolute atomic E-state index is 12.6. The summed E-state index contributed by atoms with van der Waals surface area (Å²) in [5.41, 5.74) is 1.87. The molecule has 0 spiro atoms. The van der Waals surface area contributed by atoms with Gasteiger partial charge in [0, 0.05) is 68.9 Å². The highest BCUT2D eigenvalue weighted by Gasteiger charge is 2.22. The first-order valence-corrected chi connectivity index (χ1v) is 11.3. The number of amides is 1. The lowest BCUT2D eigenvalue weighted by Crippen LogP contribution is -2.48. The second kappa shape index (κ2) is 9.41. The number of furan rings is 1. The van der Waals surface area contributed by atoms with Gasteiger partial charge in [-0.05, 0) is 24.3 Å². The molecule has 9 nitrogen and oxygen atoms in total. The van der Waals surface area contributed by atoms with E-state index >= 15 is 0 Å². The minimum Gasteiger partial charge on any atom is -0.462 e. The number of rotatable bonds is 7. The van der Waals surface area contributed by atoms with Crippen LogP contribution < -0.4 is 0 Å². The van der Waals surface area contributed by atoms with Crippen molar-refractivity contribution in [1.29, 1.82) is 0 Å². The molecule has 1 aliphatic heterocycles. The molecule has 5 rings (SSSR count). The molecule has 5 heterocycles. The molecule has 32 heavy (non-hydrogen) atoms. The van der Waals surface area contributed by atoms with E-state index in [9.17, 15) is 4.79 Å². The summed E-state index contributed by atoms with van der Waals surface area (Å²) in [5, 5.41) is 6.95. The number of aromatic nitrogens is 4. The molecular weight excluding hydrogens is 428 g/mol. The smallest absolute Gasteiger partial charge is 0.227 e. The minimum atomic E-state index is 0.113. The van der Waals surface area contributed by atoms with E-state index in [1.54, 1.807) is 30.0 Å². The van der Waals surface area contributed by atoms with Crippen LogP contribution in [0.2, 0.25) is 0 Å². The summed E-state index contributed by atoms with van der Waals surface area (Å²) in [6.07, 6.45) is 5.81. The number of aryl methyl sites for hydroxylation is 1. The van der Waals surface area contributed by atoms with E-state index in [1.165, 1.54) is 0 Å². The average Bonchev–Trinajstić information content (AvgIpc) is 3.60. The van der Waals surface area contributed by atoms with Gasteiger partial charge in [-0.15, -0.1) is 11.3 Å². The highest BCUT2D eigenvalue weighted by Crippen LogP contribution is 2.24. The van der Waals surface area contributed by atoms with Crippen LogP contribution in [0.1, 0.15) is 18.0 Å². The van der Waals surface area contributed by atoms with Crippen molar-refractivity contribution >= 4 is 17.2 Å². The number of piperazine rings is 1. The molecule has 1 amide bonds. The summed E-state index contributed by atoms with van der Waals surface area (Å²) in [5.74, 6) is 1.90. The maximum Gasteiger partial charge on any atom is 0.227 e. The van der Waals surface area contributed by atoms with E-state index in [1.807, 2.05) is 29.2 Å². The van der Waals surface area contributed by atoms with Crippen LogP contribution in [-0.4, -0.2) is 62.0 Å². The molecule has 4 aromatic rings. The standard InChI is InChI=1S/C22H22N6O3S/c29-20(4-3-19-25-21(26-31-19)16-5-7-23-8-6-16)28-11-9-27(10-12-28)14-17-15-32-22(24-17)18-2-1-13-30-18/h1-2,5-8,13,15H,3-4,9-12,14H2. The lowest BCUT2D eigenvalue weighted by atomic mass is 10.2. The summed E-state index contributed by atoms with van der Waals surface area (Å²) in [6.45, 7) is 3.84. The molecular formula is C22H22N6O3S. The Labute approximate surface area is 188 Å². The number of nitrogens with zero attached hydrogens (tertiary/aromatic N) is 6. The van der Waals surface area contributed by atoms with E-state index in [4.69, 9.17) is 8.94 Å². The fourth-order valence-corrected chi connectivity index (χ4v) is 4.40. The number of hydrogen-bond acceptors (Lipinski definition) is 9. The third kappa shape index (κ3) is 4.76. The van der Waals surface area contributed by atoms with Gasteiger partial charge in [0.25, 0.3) is 0 Å². The first kappa shape index (κ1) is 20.5. The van der Waals surface area contributed by atoms with Gasteiger partial charge in [-0.2, -0.15) is 4.98 Å². The molecule has 0 N–H and O–H groups in total. The molecule has 0 radical (unpaired) electrons. The van der Waals surface area contributed by atoms with Crippen LogP contribution in [0.15, 0.2) is 57.2 Å². The lowest BCUT2D eigenvalue weighted by Gasteiger charge is -2.34. The molecule has 0 aromatic carbocycles. The Morgan fingerprint density at radius 2 is 1.94 bits per heavy atom. The highest BCUT2D eigenvalue weighted by molar-refractivity contribution is 7.13. The number of thiazole rings is 1. The molecule has 0 unspecified atom stereocenters. The molecule has 1 saturated heterocycles. The van der Waals surface area contributed by atoms with Gasteiger partial charge in [0.1, 0.15) is 0 Å². The molecule has 4 aromatic heterocycles. The monoisotopic (exact) mass is 450 g/mol. The summed E-state index contributed by atoms with van der Waals surface area (Å²) in [6, 6.07) is 7.43. The van der Waals surface area contributed by atoms with Crippen molar-refractivity contribution in [2.75, 3.05) is 26.2 Å². The van der Waals surface area contributed by atoms with E-state index in [0.717, 1.165) is 41.7 Å². The van der Waals surface area contributed by atoms with E-state index in [2.05, 4.69) is 30.4 Å². The molecule has 164 valence electrons. The van der Waals surface area contributed by atoms with Gasteiger partial charge in [-0.3, -0.25) is 14.7 Å². The van der Waals surface area contributed by atoms with Crippen molar-refractivity contribution in [3.8, 4) is 22.2 Å². The number of pyridine rings is 1. The van der Waals surface area contributed by atoms with Crippen LogP contribution in [0.5, 0.6) is 0 Å². The van der Waals surface area contributed by atoms with Crippen LogP contribution in [-0.2, 0) is 17.8 Å². The Morgan fingerprint density at radius 1 is 1.09 bits per heavy atom. The van der Waals surface area contributed by atoms with Gasteiger partial charge in [0.2, 0.25) is 17.6 Å². The van der Waals surface area contributed by atoms with Crippen LogP contribution >= 0.6 is 11.3 Å². The third-order valence-electron chi connectivity index (χ3n) is 5.35. The first-order valence-electron chi connectivity index (χ1n) is 10.5. The van der Waals surface area contributed by atoms with Crippen molar-refractivity contribution < 1.29 is 13.7 Å². The Balaban J connectivity index is 1.08. The number of carbonyl (C=O) groups is 1. The normalized spacial score (nSPS) is 14.7. The zero-order valence-electron chi connectivity index (χ0n) is 17.4. The Bertz CT molecular complexity index is 1150. The maximum atomic E-state index is 12.6. The van der Waals surface area contributed by atoms with E-state index in [0.29, 0.717) is 37.6 Å². The third-order valence-corrected chi connectivity index (χ3v) is 6.26. The molecule has 0 aliphatic carbocycles. The highest BCUT2D eigenvalue weighted by atomic mass is 32.1. The Kier molecular flexibility index (Phi) is 6.04. The van der Waals surface area contributed by atoms with Gasteiger partial charge in [0.15, 0.2) is 10.8 Å².